The van der Waals surface area contributed by atoms with Gasteiger partial charge in [-0.1, -0.05) is 30.3 Å². The van der Waals surface area contributed by atoms with Crippen LogP contribution in [0.3, 0.4) is 0 Å². The third kappa shape index (κ3) is 4.77. The van der Waals surface area contributed by atoms with E-state index in [-0.39, 0.29) is 22.6 Å². The lowest BCUT2D eigenvalue weighted by Crippen LogP contribution is -2.17. The van der Waals surface area contributed by atoms with Gasteiger partial charge in [-0.05, 0) is 48.9 Å². The molecule has 178 valence electrons. The normalized spacial score (nSPS) is 11.7. The Morgan fingerprint density at radius 2 is 1.63 bits per heavy atom. The van der Waals surface area contributed by atoms with Crippen molar-refractivity contribution in [2.45, 2.75) is 13.0 Å². The number of aryl methyl sites for hydroxylation is 1. The second-order valence-corrected chi connectivity index (χ2v) is 7.90. The van der Waals surface area contributed by atoms with Crippen LogP contribution in [-0.4, -0.2) is 36.2 Å². The van der Waals surface area contributed by atoms with Crippen LogP contribution in [0, 0.1) is 12.7 Å². The molecule has 1 heterocycles. The molecule has 0 bridgehead atoms. The first-order valence-corrected chi connectivity index (χ1v) is 10.7. The highest BCUT2D eigenvalue weighted by atomic mass is 19.1. The van der Waals surface area contributed by atoms with Crippen LogP contribution in [0.25, 0.3) is 10.9 Å². The second kappa shape index (κ2) is 9.80. The lowest BCUT2D eigenvalue weighted by molar-refractivity contribution is 0.0587. The Hall–Kier alpha value is -4.46. The van der Waals surface area contributed by atoms with Crippen LogP contribution >= 0.6 is 0 Å². The van der Waals surface area contributed by atoms with E-state index in [4.69, 9.17) is 9.47 Å². The summed E-state index contributed by atoms with van der Waals surface area (Å²) in [6.07, 6.45) is 0. The summed E-state index contributed by atoms with van der Waals surface area (Å²) in [5.41, 5.74) is 2.84. The molecule has 0 aliphatic carbocycles. The lowest BCUT2D eigenvalue weighted by atomic mass is 9.95. The third-order valence-corrected chi connectivity index (χ3v) is 5.67. The number of fused-ring (bicyclic) bond motifs is 1. The quantitative estimate of drug-likeness (QED) is 0.373. The molecule has 0 aliphatic rings. The van der Waals surface area contributed by atoms with Gasteiger partial charge >= 0.3 is 11.9 Å². The number of ether oxygens (including phenoxy) is 2. The van der Waals surface area contributed by atoms with E-state index in [0.717, 1.165) is 11.1 Å². The summed E-state index contributed by atoms with van der Waals surface area (Å²) in [7, 11) is 2.51. The topological polar surface area (TPSA) is 97.8 Å². The zero-order valence-electron chi connectivity index (χ0n) is 19.3. The molecular weight excluding hydrogens is 451 g/mol. The number of hydrogen-bond acceptors (Lipinski definition) is 7. The van der Waals surface area contributed by atoms with Gasteiger partial charge in [-0.2, -0.15) is 0 Å². The van der Waals surface area contributed by atoms with E-state index in [9.17, 15) is 19.1 Å². The zero-order chi connectivity index (χ0) is 25.1. The molecule has 0 spiro atoms. The number of carbonyl (C=O) groups excluding carboxylic acids is 2. The molecule has 3 aromatic carbocycles. The van der Waals surface area contributed by atoms with Crippen LogP contribution in [0.4, 0.5) is 10.1 Å². The van der Waals surface area contributed by atoms with Crippen molar-refractivity contribution in [3.8, 4) is 5.75 Å². The summed E-state index contributed by atoms with van der Waals surface area (Å²) in [6.45, 7) is 1.82. The molecule has 0 amide bonds. The number of carbonyl (C=O) groups is 2. The van der Waals surface area contributed by atoms with E-state index in [2.05, 4.69) is 10.3 Å². The fourth-order valence-corrected chi connectivity index (χ4v) is 3.87. The van der Waals surface area contributed by atoms with E-state index in [1.165, 1.54) is 44.6 Å². The average Bonchev–Trinajstić information content (AvgIpc) is 2.87. The van der Waals surface area contributed by atoms with Gasteiger partial charge in [0.25, 0.3) is 0 Å². The number of methoxy groups -OCH3 is 2. The van der Waals surface area contributed by atoms with Crippen molar-refractivity contribution in [3.63, 3.8) is 0 Å². The summed E-state index contributed by atoms with van der Waals surface area (Å²) < 4.78 is 23.4. The first-order chi connectivity index (χ1) is 16.8. The van der Waals surface area contributed by atoms with Gasteiger partial charge in [-0.15, -0.1) is 0 Å². The van der Waals surface area contributed by atoms with E-state index in [0.29, 0.717) is 16.6 Å². The fourth-order valence-electron chi connectivity index (χ4n) is 3.87. The first-order valence-electron chi connectivity index (χ1n) is 10.7. The SMILES string of the molecule is COC(=O)c1ccc(C(=O)OC)c(NC(c2ccc(F)cc2)c2ccc3ccc(C)nc3c2O)c1. The molecule has 0 saturated carbocycles. The van der Waals surface area contributed by atoms with Crippen molar-refractivity contribution >= 4 is 28.5 Å². The van der Waals surface area contributed by atoms with Gasteiger partial charge in [0, 0.05) is 16.6 Å². The van der Waals surface area contributed by atoms with E-state index in [1.54, 1.807) is 18.2 Å². The van der Waals surface area contributed by atoms with Gasteiger partial charge in [0.2, 0.25) is 0 Å². The second-order valence-electron chi connectivity index (χ2n) is 7.90. The number of nitrogens with zero attached hydrogens (tertiary/aromatic N) is 1. The van der Waals surface area contributed by atoms with Crippen molar-refractivity contribution in [2.24, 2.45) is 0 Å². The molecule has 1 atom stereocenters. The molecule has 35 heavy (non-hydrogen) atoms. The van der Waals surface area contributed by atoms with Gasteiger partial charge in [-0.25, -0.2) is 19.0 Å². The number of nitrogens with one attached hydrogen (secondary N) is 1. The summed E-state index contributed by atoms with van der Waals surface area (Å²) in [5.74, 6) is -1.69. The Kier molecular flexibility index (Phi) is 6.64. The number of halogens is 1. The Balaban J connectivity index is 1.91. The number of pyridine rings is 1. The van der Waals surface area contributed by atoms with Crippen LogP contribution < -0.4 is 5.32 Å². The molecule has 1 aromatic heterocycles. The number of aromatic nitrogens is 1. The first kappa shape index (κ1) is 23.7. The number of phenols is 1. The summed E-state index contributed by atoms with van der Waals surface area (Å²) in [5, 5.41) is 15.2. The number of phenolic OH excluding ortho intramolecular Hbond substituents is 1. The molecule has 2 N–H and O–H groups in total. The largest absolute Gasteiger partial charge is 0.505 e. The third-order valence-electron chi connectivity index (χ3n) is 5.67. The number of hydrogen-bond donors (Lipinski definition) is 2. The molecule has 1 unspecified atom stereocenters. The average molecular weight is 474 g/mol. The van der Waals surface area contributed by atoms with Crippen molar-refractivity contribution in [2.75, 3.05) is 19.5 Å². The van der Waals surface area contributed by atoms with Gasteiger partial charge in [0.05, 0.1) is 37.1 Å². The fraction of sp³-hybridized carbons (Fsp3) is 0.148. The summed E-state index contributed by atoms with van der Waals surface area (Å²) >= 11 is 0. The van der Waals surface area contributed by atoms with Crippen LogP contribution in [0.2, 0.25) is 0 Å². The molecule has 0 radical (unpaired) electrons. The number of esters is 2. The predicted octanol–water partition coefficient (Wildman–Crippen LogP) is 5.16. The zero-order valence-corrected chi connectivity index (χ0v) is 19.3. The minimum Gasteiger partial charge on any atom is -0.505 e. The highest BCUT2D eigenvalue weighted by Crippen LogP contribution is 2.37. The Labute approximate surface area is 201 Å². The predicted molar refractivity (Wildman–Crippen MR) is 129 cm³/mol. The van der Waals surface area contributed by atoms with E-state index >= 15 is 0 Å². The van der Waals surface area contributed by atoms with E-state index < -0.39 is 23.8 Å². The number of aromatic hydroxyl groups is 1. The number of rotatable bonds is 6. The van der Waals surface area contributed by atoms with Crippen molar-refractivity contribution in [1.29, 1.82) is 0 Å². The smallest absolute Gasteiger partial charge is 0.339 e. The summed E-state index contributed by atoms with van der Waals surface area (Å²) in [6, 6.07) is 16.6. The standard InChI is InChI=1S/C27H23FN2O5/c1-15-4-5-17-8-13-21(25(31)24(17)29-15)23(16-6-10-19(28)11-7-16)30-22-14-18(26(32)34-2)9-12-20(22)27(33)35-3/h4-14,23,30-31H,1-3H3. The highest BCUT2D eigenvalue weighted by Gasteiger charge is 2.24. The molecule has 4 rings (SSSR count). The molecule has 0 fully saturated rings. The Morgan fingerprint density at radius 3 is 2.31 bits per heavy atom. The lowest BCUT2D eigenvalue weighted by Gasteiger charge is -2.24. The van der Waals surface area contributed by atoms with Gasteiger partial charge in [-0.3, -0.25) is 0 Å². The van der Waals surface area contributed by atoms with Crippen molar-refractivity contribution < 1.29 is 28.6 Å². The minimum atomic E-state index is -0.737. The van der Waals surface area contributed by atoms with Gasteiger partial charge < -0.3 is 19.9 Å². The Bertz CT molecular complexity index is 1420. The highest BCUT2D eigenvalue weighted by molar-refractivity contribution is 5.99. The Morgan fingerprint density at radius 1 is 0.943 bits per heavy atom. The van der Waals surface area contributed by atoms with Crippen LogP contribution in [0.15, 0.2) is 66.7 Å². The molecule has 7 nitrogen and oxygen atoms in total. The van der Waals surface area contributed by atoms with Crippen LogP contribution in [0.5, 0.6) is 5.75 Å². The number of anilines is 1. The number of benzene rings is 3. The van der Waals surface area contributed by atoms with Crippen LogP contribution in [0.1, 0.15) is 43.6 Å². The molecule has 8 heteroatoms. The van der Waals surface area contributed by atoms with Crippen molar-refractivity contribution in [3.05, 3.63) is 100 Å². The molecule has 4 aromatic rings. The summed E-state index contributed by atoms with van der Waals surface area (Å²) in [4.78, 5) is 29.1. The van der Waals surface area contributed by atoms with Crippen molar-refractivity contribution in [1.82, 2.24) is 4.98 Å². The van der Waals surface area contributed by atoms with Gasteiger partial charge in [0.15, 0.2) is 0 Å². The monoisotopic (exact) mass is 474 g/mol. The minimum absolute atomic E-state index is 0.0586. The maximum absolute atomic E-state index is 13.7. The van der Waals surface area contributed by atoms with Gasteiger partial charge in [0.1, 0.15) is 17.1 Å². The maximum atomic E-state index is 13.7. The molecule has 0 aliphatic heterocycles. The van der Waals surface area contributed by atoms with Crippen LogP contribution in [-0.2, 0) is 9.47 Å². The maximum Gasteiger partial charge on any atom is 0.339 e. The molecular formula is C27H23FN2O5. The molecule has 0 saturated heterocycles. The van der Waals surface area contributed by atoms with E-state index in [1.807, 2.05) is 25.1 Å².